The van der Waals surface area contributed by atoms with Crippen LogP contribution in [0.3, 0.4) is 0 Å². The van der Waals surface area contributed by atoms with E-state index >= 15 is 0 Å². The van der Waals surface area contributed by atoms with E-state index in [0.717, 1.165) is 0 Å². The van der Waals surface area contributed by atoms with Gasteiger partial charge in [0.05, 0.1) is 0 Å². The summed E-state index contributed by atoms with van der Waals surface area (Å²) in [6, 6.07) is 10.6. The van der Waals surface area contributed by atoms with E-state index in [9.17, 15) is 0 Å². The van der Waals surface area contributed by atoms with E-state index in [-0.39, 0.29) is 7.69 Å². The third-order valence-corrected chi connectivity index (χ3v) is 2.28. The van der Waals surface area contributed by atoms with E-state index in [2.05, 4.69) is 35.7 Å². The zero-order valence-corrected chi connectivity index (χ0v) is 7.16. The summed E-state index contributed by atoms with van der Waals surface area (Å²) in [5.41, 5.74) is 1.35. The Hall–Kier alpha value is -0.835. The summed E-state index contributed by atoms with van der Waals surface area (Å²) < 4.78 is 0. The van der Waals surface area contributed by atoms with Gasteiger partial charge in [0, 0.05) is 4.88 Å². The maximum atomic E-state index is 7.00. The molecular weight excluding hydrogens is 171 g/mol. The zero-order valence-electron chi connectivity index (χ0n) is 6.34. The molecule has 1 aliphatic carbocycles. The molecule has 0 aromatic rings. The van der Waals surface area contributed by atoms with Gasteiger partial charge in [-0.05, 0) is 17.0 Å². The highest BCUT2D eigenvalue weighted by Gasteiger charge is 1.96. The van der Waals surface area contributed by atoms with Crippen LogP contribution in [0.5, 0.6) is 0 Å². The van der Waals surface area contributed by atoms with Crippen molar-refractivity contribution in [2.45, 2.75) is 0 Å². The van der Waals surface area contributed by atoms with E-state index in [1.165, 1.54) is 10.4 Å². The van der Waals surface area contributed by atoms with Gasteiger partial charge in [-0.25, -0.2) is 0 Å². The highest BCUT2D eigenvalue weighted by Crippen LogP contribution is 2.25. The van der Waals surface area contributed by atoms with E-state index in [1.807, 2.05) is 0 Å². The molecule has 12 heavy (non-hydrogen) atoms. The SMILES string of the molecule is O[B]O.c1csc2cccc-2c1. The van der Waals surface area contributed by atoms with Crippen molar-refractivity contribution >= 4 is 19.0 Å². The molecule has 0 atom stereocenters. The van der Waals surface area contributed by atoms with Crippen molar-refractivity contribution in [3.63, 3.8) is 0 Å². The van der Waals surface area contributed by atoms with Crippen LogP contribution in [0, 0.1) is 0 Å². The smallest absolute Gasteiger partial charge is 0.429 e. The van der Waals surface area contributed by atoms with Gasteiger partial charge >= 0.3 is 7.69 Å². The Morgan fingerprint density at radius 1 is 1.08 bits per heavy atom. The standard InChI is InChI=1S/C8H6S.BH2O2/c1-3-7-4-2-6-9-8(7)5-1;2-1-3/h1-6H;2-3H. The molecule has 2 N–H and O–H groups in total. The van der Waals surface area contributed by atoms with E-state index < -0.39 is 0 Å². The van der Waals surface area contributed by atoms with Gasteiger partial charge in [0.1, 0.15) is 0 Å². The number of hydrogen-bond donors (Lipinski definition) is 2. The lowest BCUT2D eigenvalue weighted by molar-refractivity contribution is 0.448. The lowest BCUT2D eigenvalue weighted by atomic mass is 10.3. The topological polar surface area (TPSA) is 40.5 Å². The Morgan fingerprint density at radius 3 is 2.42 bits per heavy atom. The van der Waals surface area contributed by atoms with Crippen LogP contribution in [0.1, 0.15) is 0 Å². The van der Waals surface area contributed by atoms with Gasteiger partial charge in [-0.3, -0.25) is 0 Å². The average Bonchev–Trinajstić information content (AvgIpc) is 2.52. The van der Waals surface area contributed by atoms with Crippen molar-refractivity contribution < 1.29 is 10.0 Å². The predicted molar refractivity (Wildman–Crippen MR) is 51.1 cm³/mol. The van der Waals surface area contributed by atoms with Crippen molar-refractivity contribution in [2.24, 2.45) is 0 Å². The Balaban J connectivity index is 0.000000213. The van der Waals surface area contributed by atoms with E-state index in [4.69, 9.17) is 10.0 Å². The number of fused-ring (bicyclic) bond motifs is 1. The van der Waals surface area contributed by atoms with Crippen molar-refractivity contribution in [3.05, 3.63) is 35.7 Å². The van der Waals surface area contributed by atoms with E-state index in [0.29, 0.717) is 0 Å². The summed E-state index contributed by atoms with van der Waals surface area (Å²) in [4.78, 5) is 1.37. The molecule has 0 aromatic carbocycles. The number of hydrogen-bond acceptors (Lipinski definition) is 3. The molecule has 0 saturated carbocycles. The Labute approximate surface area is 75.8 Å². The average molecular weight is 179 g/mol. The molecule has 1 heterocycles. The Morgan fingerprint density at radius 2 is 1.75 bits per heavy atom. The molecule has 0 bridgehead atoms. The summed E-state index contributed by atoms with van der Waals surface area (Å²) in [6.07, 6.45) is 0. The third-order valence-electron chi connectivity index (χ3n) is 1.36. The lowest BCUT2D eigenvalue weighted by Gasteiger charge is -1.91. The van der Waals surface area contributed by atoms with Gasteiger partial charge in [0.25, 0.3) is 0 Å². The van der Waals surface area contributed by atoms with Gasteiger partial charge in [0.2, 0.25) is 0 Å². The third kappa shape index (κ3) is 2.34. The van der Waals surface area contributed by atoms with Gasteiger partial charge < -0.3 is 10.0 Å². The highest BCUT2D eigenvalue weighted by molar-refractivity contribution is 7.13. The maximum absolute atomic E-state index is 7.00. The Kier molecular flexibility index (Phi) is 3.80. The van der Waals surface area contributed by atoms with Crippen LogP contribution in [-0.2, 0) is 0 Å². The van der Waals surface area contributed by atoms with Gasteiger partial charge in [0.15, 0.2) is 0 Å². The molecule has 2 aliphatic rings. The second-order valence-electron chi connectivity index (χ2n) is 2.07. The first-order valence-electron chi connectivity index (χ1n) is 3.41. The highest BCUT2D eigenvalue weighted by atomic mass is 32.1. The fraction of sp³-hybridized carbons (Fsp3) is 0. The minimum absolute atomic E-state index is 0. The monoisotopic (exact) mass is 179 g/mol. The molecule has 0 fully saturated rings. The summed E-state index contributed by atoms with van der Waals surface area (Å²) >= 11 is 1.78. The zero-order chi connectivity index (χ0) is 8.81. The maximum Gasteiger partial charge on any atom is 0.482 e. The summed E-state index contributed by atoms with van der Waals surface area (Å²) in [7, 11) is 0. The van der Waals surface area contributed by atoms with Crippen molar-refractivity contribution in [3.8, 4) is 10.4 Å². The molecular formula is C8H8BO2S. The van der Waals surface area contributed by atoms with Crippen LogP contribution in [-0.4, -0.2) is 17.7 Å². The molecule has 61 valence electrons. The fourth-order valence-corrected chi connectivity index (χ4v) is 1.65. The normalized spacial score (nSPS) is 8.83. The summed E-state index contributed by atoms with van der Waals surface area (Å²) in [6.45, 7) is 0. The van der Waals surface area contributed by atoms with Crippen LogP contribution >= 0.6 is 11.3 Å². The lowest BCUT2D eigenvalue weighted by Crippen LogP contribution is -1.75. The minimum Gasteiger partial charge on any atom is -0.429 e. The van der Waals surface area contributed by atoms with Crippen LogP contribution in [0.2, 0.25) is 0 Å². The summed E-state index contributed by atoms with van der Waals surface area (Å²) in [5, 5.41) is 16.1. The van der Waals surface area contributed by atoms with Crippen molar-refractivity contribution in [1.29, 1.82) is 0 Å². The largest absolute Gasteiger partial charge is 0.482 e. The molecule has 0 amide bonds. The minimum atomic E-state index is 0. The van der Waals surface area contributed by atoms with Gasteiger partial charge in [-0.2, -0.15) is 0 Å². The first-order chi connectivity index (χ1) is 5.88. The second kappa shape index (κ2) is 4.93. The Bertz CT molecular complexity index is 270. The molecule has 1 aliphatic heterocycles. The molecule has 0 spiro atoms. The molecule has 2 rings (SSSR count). The molecule has 0 saturated heterocycles. The second-order valence-corrected chi connectivity index (χ2v) is 3.02. The van der Waals surface area contributed by atoms with Crippen LogP contribution in [0.25, 0.3) is 10.4 Å². The molecule has 2 nitrogen and oxygen atoms in total. The number of rotatable bonds is 0. The molecule has 0 aromatic heterocycles. The van der Waals surface area contributed by atoms with Crippen molar-refractivity contribution in [1.82, 2.24) is 0 Å². The van der Waals surface area contributed by atoms with E-state index in [1.54, 1.807) is 11.3 Å². The molecule has 1 radical (unpaired) electrons. The first-order valence-corrected chi connectivity index (χ1v) is 4.29. The van der Waals surface area contributed by atoms with Crippen molar-refractivity contribution in [2.75, 3.05) is 0 Å². The summed E-state index contributed by atoms with van der Waals surface area (Å²) in [5.74, 6) is 0. The fourth-order valence-electron chi connectivity index (χ4n) is 0.918. The predicted octanol–water partition coefficient (Wildman–Crippen LogP) is 1.36. The molecule has 0 unspecified atom stereocenters. The van der Waals surface area contributed by atoms with Gasteiger partial charge in [-0.15, -0.1) is 11.3 Å². The van der Waals surface area contributed by atoms with Crippen LogP contribution in [0.15, 0.2) is 35.7 Å². The van der Waals surface area contributed by atoms with Crippen LogP contribution < -0.4 is 0 Å². The molecule has 4 heteroatoms. The van der Waals surface area contributed by atoms with Gasteiger partial charge in [-0.1, -0.05) is 24.3 Å². The van der Waals surface area contributed by atoms with Crippen LogP contribution in [0.4, 0.5) is 0 Å². The quantitative estimate of drug-likeness (QED) is 0.599. The first kappa shape index (κ1) is 9.25.